The highest BCUT2D eigenvalue weighted by molar-refractivity contribution is 7.09. The molecule has 6 nitrogen and oxygen atoms in total. The van der Waals surface area contributed by atoms with Crippen molar-refractivity contribution in [1.29, 1.82) is 0 Å². The fraction of sp³-hybridized carbons (Fsp3) is 0.750. The lowest BCUT2D eigenvalue weighted by Crippen LogP contribution is -2.44. The van der Waals surface area contributed by atoms with E-state index < -0.39 is 0 Å². The van der Waals surface area contributed by atoms with E-state index >= 15 is 0 Å². The number of aliphatic hydroxyl groups is 1. The smallest absolute Gasteiger partial charge is 0.190 e. The zero-order chi connectivity index (χ0) is 16.5. The molecule has 3 N–H and O–H groups in total. The normalized spacial score (nSPS) is 21.6. The standard InChI is InChI=1S/C16H28N4O2S/c1-13-10-23-14(20-13)4-3-7-18-15(17-2)19-11-16(5-8-21)6-9-22-12-16/h10,21H,3-9,11-12H2,1-2H3,(H2,17,18,19). The van der Waals surface area contributed by atoms with E-state index in [0.29, 0.717) is 6.61 Å². The van der Waals surface area contributed by atoms with E-state index in [9.17, 15) is 5.11 Å². The number of aryl methyl sites for hydroxylation is 2. The largest absolute Gasteiger partial charge is 0.396 e. The number of rotatable bonds is 8. The van der Waals surface area contributed by atoms with Crippen molar-refractivity contribution >= 4 is 17.3 Å². The highest BCUT2D eigenvalue weighted by Gasteiger charge is 2.34. The minimum atomic E-state index is 0.0325. The molecule has 0 saturated carbocycles. The van der Waals surface area contributed by atoms with E-state index in [0.717, 1.165) is 57.0 Å². The van der Waals surface area contributed by atoms with Gasteiger partial charge in [0.05, 0.1) is 11.6 Å². The summed E-state index contributed by atoms with van der Waals surface area (Å²) in [6, 6.07) is 0. The lowest BCUT2D eigenvalue weighted by molar-refractivity contribution is 0.127. The van der Waals surface area contributed by atoms with E-state index in [1.807, 2.05) is 6.92 Å². The van der Waals surface area contributed by atoms with Crippen LogP contribution in [0.4, 0.5) is 0 Å². The highest BCUT2D eigenvalue weighted by atomic mass is 32.1. The molecule has 1 aromatic heterocycles. The lowest BCUT2D eigenvalue weighted by atomic mass is 9.84. The van der Waals surface area contributed by atoms with Crippen LogP contribution in [-0.4, -0.2) is 56.0 Å². The Balaban J connectivity index is 1.68. The molecule has 2 rings (SSSR count). The van der Waals surface area contributed by atoms with Crippen molar-refractivity contribution in [2.75, 3.05) is 40.0 Å². The number of ether oxygens (including phenoxy) is 1. The first-order valence-electron chi connectivity index (χ1n) is 8.21. The van der Waals surface area contributed by atoms with Gasteiger partial charge in [-0.25, -0.2) is 4.98 Å². The third kappa shape index (κ3) is 5.75. The number of guanidine groups is 1. The van der Waals surface area contributed by atoms with Crippen molar-refractivity contribution < 1.29 is 9.84 Å². The molecule has 2 heterocycles. The van der Waals surface area contributed by atoms with Crippen molar-refractivity contribution in [3.8, 4) is 0 Å². The van der Waals surface area contributed by atoms with Gasteiger partial charge < -0.3 is 20.5 Å². The molecule has 1 fully saturated rings. The molecule has 0 bridgehead atoms. The number of aliphatic hydroxyl groups excluding tert-OH is 1. The Morgan fingerprint density at radius 2 is 2.39 bits per heavy atom. The number of aromatic nitrogens is 1. The Kier molecular flexibility index (Phi) is 7.26. The lowest BCUT2D eigenvalue weighted by Gasteiger charge is -2.27. The van der Waals surface area contributed by atoms with Crippen LogP contribution in [0.2, 0.25) is 0 Å². The highest BCUT2D eigenvalue weighted by Crippen LogP contribution is 2.31. The molecule has 1 aliphatic rings. The summed E-state index contributed by atoms with van der Waals surface area (Å²) in [7, 11) is 1.78. The maximum Gasteiger partial charge on any atom is 0.190 e. The van der Waals surface area contributed by atoms with Gasteiger partial charge in [0, 0.05) is 56.3 Å². The summed E-state index contributed by atoms with van der Waals surface area (Å²) < 4.78 is 5.51. The summed E-state index contributed by atoms with van der Waals surface area (Å²) in [4.78, 5) is 8.74. The van der Waals surface area contributed by atoms with Crippen LogP contribution in [0.25, 0.3) is 0 Å². The van der Waals surface area contributed by atoms with Crippen molar-refractivity contribution in [3.05, 3.63) is 16.1 Å². The molecule has 7 heteroatoms. The number of nitrogens with zero attached hydrogens (tertiary/aromatic N) is 2. The molecule has 1 atom stereocenters. The summed E-state index contributed by atoms with van der Waals surface area (Å²) in [5.41, 5.74) is 1.13. The molecule has 0 aliphatic carbocycles. The van der Waals surface area contributed by atoms with E-state index in [2.05, 4.69) is 26.0 Å². The van der Waals surface area contributed by atoms with Gasteiger partial charge in [0.1, 0.15) is 0 Å². The van der Waals surface area contributed by atoms with E-state index in [1.54, 1.807) is 18.4 Å². The minimum absolute atomic E-state index is 0.0325. The number of hydrogen-bond donors (Lipinski definition) is 3. The predicted octanol–water partition coefficient (Wildman–Crippen LogP) is 1.34. The van der Waals surface area contributed by atoms with Crippen molar-refractivity contribution in [1.82, 2.24) is 15.6 Å². The zero-order valence-electron chi connectivity index (χ0n) is 14.1. The molecule has 1 unspecified atom stereocenters. The van der Waals surface area contributed by atoms with Gasteiger partial charge in [0.2, 0.25) is 0 Å². The average Bonchev–Trinajstić information content (AvgIpc) is 3.17. The van der Waals surface area contributed by atoms with Crippen LogP contribution in [0.15, 0.2) is 10.4 Å². The Hall–Kier alpha value is -1.18. The summed E-state index contributed by atoms with van der Waals surface area (Å²) in [6.07, 6.45) is 3.77. The number of nitrogens with one attached hydrogen (secondary N) is 2. The molecule has 130 valence electrons. The molecule has 1 saturated heterocycles. The number of thiazole rings is 1. The molecule has 1 aliphatic heterocycles. The first kappa shape index (κ1) is 18.2. The molecular formula is C16H28N4O2S. The Bertz CT molecular complexity index is 498. The van der Waals surface area contributed by atoms with Crippen LogP contribution >= 0.6 is 11.3 Å². The third-order valence-electron chi connectivity index (χ3n) is 4.21. The van der Waals surface area contributed by atoms with Crippen LogP contribution in [0.3, 0.4) is 0 Å². The van der Waals surface area contributed by atoms with Gasteiger partial charge in [0.25, 0.3) is 0 Å². The maximum absolute atomic E-state index is 9.26. The van der Waals surface area contributed by atoms with Gasteiger partial charge in [-0.05, 0) is 26.2 Å². The second kappa shape index (κ2) is 9.20. The molecule has 0 amide bonds. The fourth-order valence-electron chi connectivity index (χ4n) is 2.77. The van der Waals surface area contributed by atoms with Crippen LogP contribution in [0.5, 0.6) is 0 Å². The van der Waals surface area contributed by atoms with E-state index in [4.69, 9.17) is 4.74 Å². The molecular weight excluding hydrogens is 312 g/mol. The first-order valence-corrected chi connectivity index (χ1v) is 9.09. The van der Waals surface area contributed by atoms with E-state index in [1.165, 1.54) is 5.01 Å². The van der Waals surface area contributed by atoms with Crippen LogP contribution in [0.1, 0.15) is 30.0 Å². The quantitative estimate of drug-likeness (QED) is 0.378. The van der Waals surface area contributed by atoms with Crippen molar-refractivity contribution in [3.63, 3.8) is 0 Å². The number of aliphatic imine (C=N–C) groups is 1. The van der Waals surface area contributed by atoms with Gasteiger partial charge in [-0.15, -0.1) is 11.3 Å². The van der Waals surface area contributed by atoms with Gasteiger partial charge in [-0.3, -0.25) is 4.99 Å². The topological polar surface area (TPSA) is 78.8 Å². The SMILES string of the molecule is CN=C(NCCCc1nc(C)cs1)NCC1(CCO)CCOC1. The van der Waals surface area contributed by atoms with Crippen LogP contribution in [0, 0.1) is 12.3 Å². The molecule has 23 heavy (non-hydrogen) atoms. The summed E-state index contributed by atoms with van der Waals surface area (Å²) in [5, 5.41) is 19.3. The summed E-state index contributed by atoms with van der Waals surface area (Å²) in [6.45, 7) is 5.35. The van der Waals surface area contributed by atoms with Gasteiger partial charge in [0.15, 0.2) is 5.96 Å². The van der Waals surface area contributed by atoms with Gasteiger partial charge >= 0.3 is 0 Å². The van der Waals surface area contributed by atoms with Crippen LogP contribution in [-0.2, 0) is 11.2 Å². The molecule has 1 aromatic rings. The first-order chi connectivity index (χ1) is 11.2. The minimum Gasteiger partial charge on any atom is -0.396 e. The molecule has 0 radical (unpaired) electrons. The Labute approximate surface area is 142 Å². The average molecular weight is 340 g/mol. The van der Waals surface area contributed by atoms with Crippen molar-refractivity contribution in [2.24, 2.45) is 10.4 Å². The summed E-state index contributed by atoms with van der Waals surface area (Å²) >= 11 is 1.72. The monoisotopic (exact) mass is 340 g/mol. The van der Waals surface area contributed by atoms with Gasteiger partial charge in [-0.2, -0.15) is 0 Å². The second-order valence-electron chi connectivity index (χ2n) is 6.11. The Morgan fingerprint density at radius 1 is 1.52 bits per heavy atom. The molecule has 0 spiro atoms. The summed E-state index contributed by atoms with van der Waals surface area (Å²) in [5.74, 6) is 0.810. The number of hydrogen-bond acceptors (Lipinski definition) is 5. The van der Waals surface area contributed by atoms with E-state index in [-0.39, 0.29) is 12.0 Å². The molecule has 0 aromatic carbocycles. The third-order valence-corrected chi connectivity index (χ3v) is 5.23. The van der Waals surface area contributed by atoms with Gasteiger partial charge in [-0.1, -0.05) is 0 Å². The Morgan fingerprint density at radius 3 is 3.00 bits per heavy atom. The maximum atomic E-state index is 9.26. The predicted molar refractivity (Wildman–Crippen MR) is 94.1 cm³/mol. The zero-order valence-corrected chi connectivity index (χ0v) is 14.9. The van der Waals surface area contributed by atoms with Crippen molar-refractivity contribution in [2.45, 2.75) is 32.6 Å². The fourth-order valence-corrected chi connectivity index (χ4v) is 3.59. The second-order valence-corrected chi connectivity index (χ2v) is 7.06. The van der Waals surface area contributed by atoms with Crippen LogP contribution < -0.4 is 10.6 Å².